The van der Waals surface area contributed by atoms with Crippen LogP contribution in [0, 0.1) is 0 Å². The van der Waals surface area contributed by atoms with Gasteiger partial charge in [0, 0.05) is 12.8 Å². The number of hydrogen-bond donors (Lipinski definition) is 1. The van der Waals surface area contributed by atoms with E-state index < -0.39 is 6.10 Å². The van der Waals surface area contributed by atoms with Crippen molar-refractivity contribution in [1.29, 1.82) is 0 Å². The Kier molecular flexibility index (Phi) is 70.4. The van der Waals surface area contributed by atoms with Crippen LogP contribution in [0.15, 0.2) is 170 Å². The van der Waals surface area contributed by atoms with E-state index in [1.165, 1.54) is 148 Å². The Morgan fingerprint density at radius 3 is 0.698 bits per heavy atom. The number of aliphatic hydroxyl groups excluding tert-OH is 1. The molecule has 86 heavy (non-hydrogen) atoms. The molecular weight excluding hydrogens is 1050 g/mol. The minimum absolute atomic E-state index is 0.0756. The molecule has 486 valence electrons. The van der Waals surface area contributed by atoms with Gasteiger partial charge in [-0.3, -0.25) is 9.59 Å². The molecule has 0 aliphatic carbocycles. The molecule has 1 unspecified atom stereocenters. The number of unbranched alkanes of at least 4 members (excludes halogenated alkanes) is 28. The number of allylic oxidation sites excluding steroid dienone is 28. The largest absolute Gasteiger partial charge is 0.462 e. The number of hydrogen-bond acceptors (Lipinski definition) is 5. The maximum Gasteiger partial charge on any atom is 0.306 e. The molecule has 1 atom stereocenters. The molecule has 0 bridgehead atoms. The average Bonchev–Trinajstić information content (AvgIpc) is 3.55. The second-order valence-corrected chi connectivity index (χ2v) is 23.2. The molecule has 0 fully saturated rings. The van der Waals surface area contributed by atoms with E-state index in [0.717, 1.165) is 135 Å². The zero-order chi connectivity index (χ0) is 61.9. The van der Waals surface area contributed by atoms with E-state index in [-0.39, 0.29) is 25.2 Å². The van der Waals surface area contributed by atoms with Crippen LogP contribution in [0.4, 0.5) is 0 Å². The third kappa shape index (κ3) is 71.7. The van der Waals surface area contributed by atoms with Crippen LogP contribution in [0.5, 0.6) is 0 Å². The smallest absolute Gasteiger partial charge is 0.306 e. The average molecular weight is 1190 g/mol. The molecule has 5 nitrogen and oxygen atoms in total. The first-order valence-electron chi connectivity index (χ1n) is 35.7. The van der Waals surface area contributed by atoms with E-state index in [4.69, 9.17) is 9.47 Å². The Morgan fingerprint density at radius 1 is 0.267 bits per heavy atom. The molecule has 0 heterocycles. The van der Waals surface area contributed by atoms with Crippen molar-refractivity contribution in [1.82, 2.24) is 0 Å². The van der Waals surface area contributed by atoms with Gasteiger partial charge in [-0.25, -0.2) is 0 Å². The van der Waals surface area contributed by atoms with Crippen LogP contribution in [0.3, 0.4) is 0 Å². The second kappa shape index (κ2) is 74.5. The van der Waals surface area contributed by atoms with Gasteiger partial charge < -0.3 is 14.6 Å². The maximum absolute atomic E-state index is 12.4. The lowest BCUT2D eigenvalue weighted by Gasteiger charge is -2.15. The van der Waals surface area contributed by atoms with Gasteiger partial charge in [0.05, 0.1) is 6.61 Å². The van der Waals surface area contributed by atoms with Crippen LogP contribution < -0.4 is 0 Å². The molecule has 0 amide bonds. The summed E-state index contributed by atoms with van der Waals surface area (Å²) >= 11 is 0. The van der Waals surface area contributed by atoms with Gasteiger partial charge >= 0.3 is 11.9 Å². The number of carbonyl (C=O) groups is 2. The van der Waals surface area contributed by atoms with Crippen molar-refractivity contribution >= 4 is 11.9 Å². The lowest BCUT2D eigenvalue weighted by atomic mass is 10.0. The van der Waals surface area contributed by atoms with E-state index in [1.54, 1.807) is 0 Å². The molecule has 0 spiro atoms. The lowest BCUT2D eigenvalue weighted by molar-refractivity contribution is -0.161. The van der Waals surface area contributed by atoms with Crippen molar-refractivity contribution in [2.24, 2.45) is 0 Å². The highest BCUT2D eigenvalue weighted by Crippen LogP contribution is 2.17. The minimum Gasteiger partial charge on any atom is -0.462 e. The summed E-state index contributed by atoms with van der Waals surface area (Å²) in [6.45, 7) is 3.92. The van der Waals surface area contributed by atoms with Gasteiger partial charge in [0.25, 0.3) is 0 Å². The zero-order valence-corrected chi connectivity index (χ0v) is 55.8. The molecule has 0 rings (SSSR count). The van der Waals surface area contributed by atoms with E-state index >= 15 is 0 Å². The van der Waals surface area contributed by atoms with Crippen LogP contribution in [0.2, 0.25) is 0 Å². The molecular formula is C81H132O5. The molecule has 1 N–H and O–H groups in total. The normalized spacial score (nSPS) is 13.3. The standard InChI is InChI=1S/C81H132O5/c1-3-5-7-9-11-13-15-17-19-21-23-25-27-29-31-33-35-37-38-39-40-41-42-44-46-48-50-52-54-56-58-60-62-64-66-68-70-72-74-76-81(84)86-79(77-82)78-85-80(83)75-73-71-69-67-65-63-61-59-57-55-53-51-49-47-45-43-36-34-32-30-28-26-24-22-20-18-16-14-12-10-8-6-4-2/h5-8,11-14,17-20,23-26,29,31,35,37,39-40,42,44,48,50,54,56,79,82H,3-4,9-10,15-16,21-22,27-28,30,32-34,36,38,41,43,45-47,49,51-53,55,57-78H2,1-2H3/b7-5-,8-6-,13-11-,14-12-,19-17-,20-18-,25-23-,26-24-,31-29-,37-35-,40-39-,44-42-,50-48-,56-54-. The topological polar surface area (TPSA) is 72.8 Å². The van der Waals surface area contributed by atoms with Gasteiger partial charge in [-0.05, 0) is 128 Å². The van der Waals surface area contributed by atoms with E-state index in [9.17, 15) is 14.7 Å². The lowest BCUT2D eigenvalue weighted by Crippen LogP contribution is -2.28. The monoisotopic (exact) mass is 1190 g/mol. The molecule has 0 saturated carbocycles. The van der Waals surface area contributed by atoms with Crippen LogP contribution in [0.1, 0.15) is 309 Å². The molecule has 0 aliphatic rings. The Bertz CT molecular complexity index is 1870. The van der Waals surface area contributed by atoms with Gasteiger partial charge in [0.2, 0.25) is 0 Å². The first-order chi connectivity index (χ1) is 42.6. The summed E-state index contributed by atoms with van der Waals surface area (Å²) in [7, 11) is 0. The molecule has 0 aromatic rings. The first kappa shape index (κ1) is 81.3. The van der Waals surface area contributed by atoms with Crippen LogP contribution in [0.25, 0.3) is 0 Å². The van der Waals surface area contributed by atoms with Crippen LogP contribution >= 0.6 is 0 Å². The Hall–Kier alpha value is -4.74. The summed E-state index contributed by atoms with van der Waals surface area (Å²) in [5, 5.41) is 9.71. The molecule has 0 aromatic heterocycles. The predicted octanol–water partition coefficient (Wildman–Crippen LogP) is 25.2. The number of aliphatic hydroxyl groups is 1. The fourth-order valence-electron chi connectivity index (χ4n) is 9.75. The summed E-state index contributed by atoms with van der Waals surface area (Å²) in [5.74, 6) is -0.599. The van der Waals surface area contributed by atoms with Crippen molar-refractivity contribution in [3.63, 3.8) is 0 Å². The zero-order valence-electron chi connectivity index (χ0n) is 55.8. The highest BCUT2D eigenvalue weighted by molar-refractivity contribution is 5.70. The van der Waals surface area contributed by atoms with Crippen molar-refractivity contribution in [3.8, 4) is 0 Å². The fraction of sp³-hybridized carbons (Fsp3) is 0.630. The fourth-order valence-corrected chi connectivity index (χ4v) is 9.75. The minimum atomic E-state index is -0.788. The highest BCUT2D eigenvalue weighted by atomic mass is 16.6. The van der Waals surface area contributed by atoms with Gasteiger partial charge in [-0.15, -0.1) is 0 Å². The van der Waals surface area contributed by atoms with Crippen molar-refractivity contribution < 1.29 is 24.2 Å². The van der Waals surface area contributed by atoms with Gasteiger partial charge in [0.15, 0.2) is 6.10 Å². The number of rotatable bonds is 64. The summed E-state index contributed by atoms with van der Waals surface area (Å²) in [6.07, 6.45) is 115. The van der Waals surface area contributed by atoms with Gasteiger partial charge in [0.1, 0.15) is 6.61 Å². The first-order valence-corrected chi connectivity index (χ1v) is 35.7. The Labute approximate surface area is 532 Å². The van der Waals surface area contributed by atoms with Crippen molar-refractivity contribution in [2.75, 3.05) is 13.2 Å². The third-order valence-corrected chi connectivity index (χ3v) is 15.0. The highest BCUT2D eigenvalue weighted by Gasteiger charge is 2.16. The van der Waals surface area contributed by atoms with Gasteiger partial charge in [-0.1, -0.05) is 338 Å². The molecule has 0 saturated heterocycles. The summed E-state index contributed by atoms with van der Waals surface area (Å²) in [6, 6.07) is 0. The van der Waals surface area contributed by atoms with Crippen LogP contribution in [-0.4, -0.2) is 36.4 Å². The van der Waals surface area contributed by atoms with E-state index in [0.29, 0.717) is 12.8 Å². The molecule has 5 heteroatoms. The second-order valence-electron chi connectivity index (χ2n) is 23.2. The van der Waals surface area contributed by atoms with E-state index in [2.05, 4.69) is 184 Å². The van der Waals surface area contributed by atoms with Gasteiger partial charge in [-0.2, -0.15) is 0 Å². The number of esters is 2. The van der Waals surface area contributed by atoms with E-state index in [1.807, 2.05) is 0 Å². The molecule has 0 radical (unpaired) electrons. The quantitative estimate of drug-likeness (QED) is 0.0373. The molecule has 0 aliphatic heterocycles. The summed E-state index contributed by atoms with van der Waals surface area (Å²) in [5.41, 5.74) is 0. The third-order valence-electron chi connectivity index (χ3n) is 15.0. The number of carbonyl (C=O) groups excluding carboxylic acids is 2. The Morgan fingerprint density at radius 2 is 0.465 bits per heavy atom. The Balaban J connectivity index is 3.54. The van der Waals surface area contributed by atoms with Crippen molar-refractivity contribution in [3.05, 3.63) is 170 Å². The molecule has 0 aromatic carbocycles. The SMILES string of the molecule is CC/C=C\C/C=C\C/C=C\C/C=C\C/C=C\C/C=C\C/C=C\C/C=C\C/C=C\C/C=C\CCCCCCCCCCC(=O)OC(CO)COC(=O)CCCCCCCCCCCCCCCCCCCCCC/C=C\C/C=C\C/C=C\C/C=C\CC. The number of ether oxygens (including phenoxy) is 2. The van der Waals surface area contributed by atoms with Crippen LogP contribution in [-0.2, 0) is 19.1 Å². The summed E-state index contributed by atoms with van der Waals surface area (Å²) in [4.78, 5) is 24.7. The van der Waals surface area contributed by atoms with Crippen molar-refractivity contribution in [2.45, 2.75) is 315 Å². The predicted molar refractivity (Wildman–Crippen MR) is 380 cm³/mol. The summed E-state index contributed by atoms with van der Waals surface area (Å²) < 4.78 is 10.8. The maximum atomic E-state index is 12.4.